The summed E-state index contributed by atoms with van der Waals surface area (Å²) in [6.45, 7) is 5.78. The first kappa shape index (κ1) is 17.8. The van der Waals surface area contributed by atoms with Crippen LogP contribution in [0.15, 0.2) is 54.6 Å². The van der Waals surface area contributed by atoms with Crippen molar-refractivity contribution in [1.82, 2.24) is 15.1 Å². The summed E-state index contributed by atoms with van der Waals surface area (Å²) in [4.78, 5) is 14.8. The van der Waals surface area contributed by atoms with E-state index in [1.54, 1.807) is 12.1 Å². The summed E-state index contributed by atoms with van der Waals surface area (Å²) < 4.78 is 0. The maximum atomic E-state index is 12.5. The van der Waals surface area contributed by atoms with Crippen LogP contribution < -0.4 is 5.32 Å². The average molecular weight is 381 g/mol. The monoisotopic (exact) mass is 380 g/mol. The average Bonchev–Trinajstić information content (AvgIpc) is 3.15. The Hall–Kier alpha value is -2.63. The number of hydrogen-bond donors (Lipinski definition) is 2. The zero-order chi connectivity index (χ0) is 19.0. The fourth-order valence-electron chi connectivity index (χ4n) is 3.55. The van der Waals surface area contributed by atoms with Gasteiger partial charge in [-0.15, -0.1) is 0 Å². The maximum absolute atomic E-state index is 12.5. The van der Waals surface area contributed by atoms with Gasteiger partial charge in [0, 0.05) is 29.2 Å². The Labute approximate surface area is 163 Å². The summed E-state index contributed by atoms with van der Waals surface area (Å²) in [7, 11) is 0. The summed E-state index contributed by atoms with van der Waals surface area (Å²) in [6, 6.07) is 17.1. The fraction of sp³-hybridized carbons (Fsp3) is 0.238. The number of nitrogens with zero attached hydrogens (tertiary/aromatic N) is 2. The summed E-state index contributed by atoms with van der Waals surface area (Å²) in [5.41, 5.74) is 3.62. The number of nitrogens with one attached hydrogen (secondary N) is 2. The van der Waals surface area contributed by atoms with Gasteiger partial charge < -0.3 is 5.32 Å². The van der Waals surface area contributed by atoms with Crippen molar-refractivity contribution >= 4 is 23.3 Å². The van der Waals surface area contributed by atoms with Gasteiger partial charge in [-0.2, -0.15) is 5.10 Å². The van der Waals surface area contributed by atoms with Crippen LogP contribution in [0.4, 0.5) is 5.82 Å². The van der Waals surface area contributed by atoms with Crippen molar-refractivity contribution in [2.24, 2.45) is 0 Å². The number of halogens is 1. The molecule has 1 aliphatic heterocycles. The Morgan fingerprint density at radius 1 is 1.22 bits per heavy atom. The zero-order valence-corrected chi connectivity index (χ0v) is 16.0. The second-order valence-electron chi connectivity index (χ2n) is 7.29. The topological polar surface area (TPSA) is 61.0 Å². The lowest BCUT2D eigenvalue weighted by Gasteiger charge is -2.31. The number of fused-ring (bicyclic) bond motifs is 1. The summed E-state index contributed by atoms with van der Waals surface area (Å²) in [6.07, 6.45) is 0. The normalized spacial score (nSPS) is 15.5. The summed E-state index contributed by atoms with van der Waals surface area (Å²) >= 11 is 6.13. The van der Waals surface area contributed by atoms with Crippen LogP contribution in [0.3, 0.4) is 0 Å². The first-order chi connectivity index (χ1) is 12.9. The SMILES string of the molecule is CC1(C)c2[nH]nc(NC(=O)c3ccccc3)c2CN1Cc1cccc(Cl)c1. The molecule has 0 radical (unpaired) electrons. The molecular weight excluding hydrogens is 360 g/mol. The predicted molar refractivity (Wildman–Crippen MR) is 107 cm³/mol. The van der Waals surface area contributed by atoms with E-state index in [1.807, 2.05) is 36.4 Å². The summed E-state index contributed by atoms with van der Waals surface area (Å²) in [5, 5.41) is 11.2. The lowest BCUT2D eigenvalue weighted by atomic mass is 10.00. The van der Waals surface area contributed by atoms with Crippen LogP contribution in [-0.2, 0) is 18.6 Å². The van der Waals surface area contributed by atoms with E-state index in [4.69, 9.17) is 11.6 Å². The van der Waals surface area contributed by atoms with Crippen molar-refractivity contribution in [3.05, 3.63) is 82.0 Å². The third kappa shape index (κ3) is 3.36. The van der Waals surface area contributed by atoms with Crippen molar-refractivity contribution in [3.63, 3.8) is 0 Å². The lowest BCUT2D eigenvalue weighted by molar-refractivity contribution is 0.102. The highest BCUT2D eigenvalue weighted by Crippen LogP contribution is 2.41. The van der Waals surface area contributed by atoms with E-state index in [-0.39, 0.29) is 11.4 Å². The van der Waals surface area contributed by atoms with E-state index < -0.39 is 0 Å². The third-order valence-corrected chi connectivity index (χ3v) is 5.38. The minimum absolute atomic E-state index is 0.156. The van der Waals surface area contributed by atoms with Crippen molar-refractivity contribution in [1.29, 1.82) is 0 Å². The highest BCUT2D eigenvalue weighted by molar-refractivity contribution is 6.30. The van der Waals surface area contributed by atoms with Gasteiger partial charge in [0.1, 0.15) is 0 Å². The zero-order valence-electron chi connectivity index (χ0n) is 15.3. The minimum atomic E-state index is -0.222. The van der Waals surface area contributed by atoms with Crippen LogP contribution in [-0.4, -0.2) is 21.0 Å². The molecule has 0 spiro atoms. The first-order valence-corrected chi connectivity index (χ1v) is 9.26. The number of hydrogen-bond acceptors (Lipinski definition) is 3. The fourth-order valence-corrected chi connectivity index (χ4v) is 3.77. The number of aromatic nitrogens is 2. The summed E-state index contributed by atoms with van der Waals surface area (Å²) in [5.74, 6) is 0.441. The van der Waals surface area contributed by atoms with Gasteiger partial charge in [-0.3, -0.25) is 14.8 Å². The smallest absolute Gasteiger partial charge is 0.256 e. The number of amides is 1. The van der Waals surface area contributed by atoms with E-state index in [9.17, 15) is 4.79 Å². The molecule has 0 bridgehead atoms. The molecule has 1 aromatic heterocycles. The van der Waals surface area contributed by atoms with Gasteiger partial charge in [0.15, 0.2) is 5.82 Å². The largest absolute Gasteiger partial charge is 0.305 e. The molecule has 5 nitrogen and oxygen atoms in total. The number of carbonyl (C=O) groups is 1. The third-order valence-electron chi connectivity index (χ3n) is 5.15. The first-order valence-electron chi connectivity index (χ1n) is 8.89. The Balaban J connectivity index is 1.56. The molecule has 6 heteroatoms. The van der Waals surface area contributed by atoms with E-state index >= 15 is 0 Å². The Morgan fingerprint density at radius 2 is 2.00 bits per heavy atom. The molecule has 0 aliphatic carbocycles. The standard InChI is InChI=1S/C21H21ClN4O/c1-21(2)18-17(13-26(21)12-14-7-6-10-16(22)11-14)19(25-24-18)23-20(27)15-8-4-3-5-9-15/h3-11H,12-13H2,1-2H3,(H2,23,24,25,27). The molecule has 1 aliphatic rings. The molecular formula is C21H21ClN4O. The van der Waals surface area contributed by atoms with Gasteiger partial charge in [-0.1, -0.05) is 41.9 Å². The second-order valence-corrected chi connectivity index (χ2v) is 7.73. The van der Waals surface area contributed by atoms with Crippen LogP contribution in [0.25, 0.3) is 0 Å². The van der Waals surface area contributed by atoms with Crippen LogP contribution >= 0.6 is 11.6 Å². The Kier molecular flexibility index (Phi) is 4.50. The minimum Gasteiger partial charge on any atom is -0.305 e. The molecule has 4 rings (SSSR count). The van der Waals surface area contributed by atoms with Gasteiger partial charge in [-0.05, 0) is 43.7 Å². The van der Waals surface area contributed by atoms with Crippen LogP contribution in [0, 0.1) is 0 Å². The molecule has 2 heterocycles. The van der Waals surface area contributed by atoms with Crippen molar-refractivity contribution in [3.8, 4) is 0 Å². The number of carbonyl (C=O) groups excluding carboxylic acids is 1. The predicted octanol–water partition coefficient (Wildman–Crippen LogP) is 4.57. The van der Waals surface area contributed by atoms with Gasteiger partial charge >= 0.3 is 0 Å². The number of aromatic amines is 1. The molecule has 0 fully saturated rings. The van der Waals surface area contributed by atoms with Crippen molar-refractivity contribution in [2.45, 2.75) is 32.5 Å². The van der Waals surface area contributed by atoms with Gasteiger partial charge in [0.05, 0.1) is 11.2 Å². The number of rotatable bonds is 4. The molecule has 3 aromatic rings. The van der Waals surface area contributed by atoms with Gasteiger partial charge in [-0.25, -0.2) is 0 Å². The molecule has 2 N–H and O–H groups in total. The van der Waals surface area contributed by atoms with E-state index in [0.29, 0.717) is 17.9 Å². The molecule has 0 saturated carbocycles. The van der Waals surface area contributed by atoms with Crippen LogP contribution in [0.2, 0.25) is 5.02 Å². The molecule has 0 saturated heterocycles. The second kappa shape index (κ2) is 6.83. The molecule has 2 aromatic carbocycles. The number of H-pyrrole nitrogens is 1. The highest BCUT2D eigenvalue weighted by atomic mass is 35.5. The molecule has 138 valence electrons. The van der Waals surface area contributed by atoms with E-state index in [2.05, 4.69) is 40.3 Å². The molecule has 0 unspecified atom stereocenters. The highest BCUT2D eigenvalue weighted by Gasteiger charge is 2.41. The lowest BCUT2D eigenvalue weighted by Crippen LogP contribution is -2.35. The molecule has 1 amide bonds. The van der Waals surface area contributed by atoms with Gasteiger partial charge in [0.2, 0.25) is 0 Å². The van der Waals surface area contributed by atoms with Crippen molar-refractivity contribution < 1.29 is 4.79 Å². The van der Waals surface area contributed by atoms with Gasteiger partial charge in [0.25, 0.3) is 5.91 Å². The maximum Gasteiger partial charge on any atom is 0.256 e. The van der Waals surface area contributed by atoms with Crippen LogP contribution in [0.5, 0.6) is 0 Å². The number of benzene rings is 2. The Morgan fingerprint density at radius 3 is 2.74 bits per heavy atom. The van der Waals surface area contributed by atoms with Crippen LogP contribution in [0.1, 0.15) is 41.0 Å². The number of anilines is 1. The van der Waals surface area contributed by atoms with E-state index in [0.717, 1.165) is 28.4 Å². The molecule has 27 heavy (non-hydrogen) atoms. The molecule has 0 atom stereocenters. The quantitative estimate of drug-likeness (QED) is 0.697. The van der Waals surface area contributed by atoms with Crippen molar-refractivity contribution in [2.75, 3.05) is 5.32 Å². The van der Waals surface area contributed by atoms with E-state index in [1.165, 1.54) is 0 Å². The Bertz CT molecular complexity index is 981.